The largest absolute Gasteiger partial charge is 0.416 e. The van der Waals surface area contributed by atoms with Gasteiger partial charge in [-0.1, -0.05) is 13.0 Å². The number of hydrogen-bond donors (Lipinski definition) is 1. The lowest BCUT2D eigenvalue weighted by atomic mass is 9.96. The van der Waals surface area contributed by atoms with Crippen LogP contribution < -0.4 is 5.73 Å². The van der Waals surface area contributed by atoms with Crippen molar-refractivity contribution in [1.29, 1.82) is 0 Å². The summed E-state index contributed by atoms with van der Waals surface area (Å²) in [6.07, 6.45) is -3.54. The van der Waals surface area contributed by atoms with Crippen LogP contribution in [0.1, 0.15) is 23.6 Å². The van der Waals surface area contributed by atoms with Gasteiger partial charge >= 0.3 is 6.18 Å². The fourth-order valence-corrected chi connectivity index (χ4v) is 1.56. The van der Waals surface area contributed by atoms with Crippen LogP contribution >= 0.6 is 0 Å². The van der Waals surface area contributed by atoms with E-state index in [-0.39, 0.29) is 5.92 Å². The second-order valence-electron chi connectivity index (χ2n) is 4.18. The van der Waals surface area contributed by atoms with E-state index < -0.39 is 11.7 Å². The summed E-state index contributed by atoms with van der Waals surface area (Å²) >= 11 is 0. The molecule has 1 unspecified atom stereocenters. The standard InChI is InChI=1S/C12H16F3N/c1-8(7-16)5-10-3-4-11(6-9(10)2)12(13,14)15/h3-4,6,8H,5,7,16H2,1-2H3. The first-order valence-corrected chi connectivity index (χ1v) is 5.21. The Morgan fingerprint density at radius 1 is 1.31 bits per heavy atom. The Kier molecular flexibility index (Phi) is 3.97. The summed E-state index contributed by atoms with van der Waals surface area (Å²) < 4.78 is 37.2. The van der Waals surface area contributed by atoms with Crippen molar-refractivity contribution in [3.63, 3.8) is 0 Å². The first kappa shape index (κ1) is 13.0. The second kappa shape index (κ2) is 4.87. The van der Waals surface area contributed by atoms with Gasteiger partial charge in [-0.05, 0) is 49.1 Å². The summed E-state index contributed by atoms with van der Waals surface area (Å²) in [5, 5.41) is 0. The van der Waals surface area contributed by atoms with E-state index in [4.69, 9.17) is 5.73 Å². The molecule has 0 amide bonds. The van der Waals surface area contributed by atoms with E-state index >= 15 is 0 Å². The van der Waals surface area contributed by atoms with Crippen LogP contribution in [0.4, 0.5) is 13.2 Å². The molecule has 90 valence electrons. The van der Waals surface area contributed by atoms with Crippen LogP contribution in [0, 0.1) is 12.8 Å². The zero-order valence-electron chi connectivity index (χ0n) is 9.43. The molecule has 1 atom stereocenters. The maximum Gasteiger partial charge on any atom is 0.416 e. The van der Waals surface area contributed by atoms with Gasteiger partial charge in [0.1, 0.15) is 0 Å². The molecule has 0 bridgehead atoms. The molecule has 4 heteroatoms. The number of rotatable bonds is 3. The number of hydrogen-bond acceptors (Lipinski definition) is 1. The summed E-state index contributed by atoms with van der Waals surface area (Å²) in [4.78, 5) is 0. The van der Waals surface area contributed by atoms with Gasteiger partial charge in [0.25, 0.3) is 0 Å². The molecule has 0 aliphatic carbocycles. The molecule has 1 nitrogen and oxygen atoms in total. The molecule has 1 aromatic carbocycles. The molecule has 0 aliphatic heterocycles. The average Bonchev–Trinajstić information content (AvgIpc) is 2.19. The topological polar surface area (TPSA) is 26.0 Å². The van der Waals surface area contributed by atoms with Crippen molar-refractivity contribution < 1.29 is 13.2 Å². The van der Waals surface area contributed by atoms with E-state index in [9.17, 15) is 13.2 Å². The molecule has 0 radical (unpaired) electrons. The molecule has 0 saturated heterocycles. The lowest BCUT2D eigenvalue weighted by Crippen LogP contribution is -2.14. The first-order valence-electron chi connectivity index (χ1n) is 5.21. The molecule has 0 saturated carbocycles. The highest BCUT2D eigenvalue weighted by molar-refractivity contribution is 5.32. The minimum Gasteiger partial charge on any atom is -0.330 e. The smallest absolute Gasteiger partial charge is 0.330 e. The Morgan fingerprint density at radius 2 is 1.94 bits per heavy atom. The van der Waals surface area contributed by atoms with E-state index in [2.05, 4.69) is 0 Å². The third-order valence-electron chi connectivity index (χ3n) is 2.64. The highest BCUT2D eigenvalue weighted by atomic mass is 19.4. The van der Waals surface area contributed by atoms with Gasteiger partial charge in [0, 0.05) is 0 Å². The maximum atomic E-state index is 12.4. The van der Waals surface area contributed by atoms with E-state index in [0.29, 0.717) is 12.1 Å². The molecule has 1 rings (SSSR count). The van der Waals surface area contributed by atoms with Crippen LogP contribution in [0.2, 0.25) is 0 Å². The van der Waals surface area contributed by atoms with Crippen molar-refractivity contribution in [3.05, 3.63) is 34.9 Å². The number of benzene rings is 1. The van der Waals surface area contributed by atoms with E-state index in [0.717, 1.165) is 18.1 Å². The van der Waals surface area contributed by atoms with Crippen LogP contribution in [0.3, 0.4) is 0 Å². The normalized spacial score (nSPS) is 13.9. The Morgan fingerprint density at radius 3 is 2.38 bits per heavy atom. The predicted molar refractivity (Wildman–Crippen MR) is 58.1 cm³/mol. The molecular formula is C12H16F3N. The van der Waals surface area contributed by atoms with Crippen molar-refractivity contribution in [1.82, 2.24) is 0 Å². The van der Waals surface area contributed by atoms with Crippen molar-refractivity contribution in [2.45, 2.75) is 26.4 Å². The highest BCUT2D eigenvalue weighted by Gasteiger charge is 2.30. The van der Waals surface area contributed by atoms with Gasteiger partial charge in [0.2, 0.25) is 0 Å². The predicted octanol–water partition coefficient (Wildman–Crippen LogP) is 3.15. The first-order chi connectivity index (χ1) is 7.34. The fraction of sp³-hybridized carbons (Fsp3) is 0.500. The number of alkyl halides is 3. The van der Waals surface area contributed by atoms with Gasteiger partial charge in [-0.25, -0.2) is 0 Å². The van der Waals surface area contributed by atoms with Crippen LogP contribution in [-0.2, 0) is 12.6 Å². The SMILES string of the molecule is Cc1cc(C(F)(F)F)ccc1CC(C)CN. The number of nitrogens with two attached hydrogens (primary N) is 1. The minimum absolute atomic E-state index is 0.287. The zero-order chi connectivity index (χ0) is 12.3. The summed E-state index contributed by atoms with van der Waals surface area (Å²) in [5.74, 6) is 0.287. The van der Waals surface area contributed by atoms with Crippen LogP contribution in [-0.4, -0.2) is 6.54 Å². The van der Waals surface area contributed by atoms with Crippen LogP contribution in [0.15, 0.2) is 18.2 Å². The number of aryl methyl sites for hydroxylation is 1. The van der Waals surface area contributed by atoms with Crippen molar-refractivity contribution >= 4 is 0 Å². The van der Waals surface area contributed by atoms with Crippen LogP contribution in [0.25, 0.3) is 0 Å². The van der Waals surface area contributed by atoms with Crippen molar-refractivity contribution in [3.8, 4) is 0 Å². The van der Waals surface area contributed by atoms with Crippen molar-refractivity contribution in [2.75, 3.05) is 6.54 Å². The zero-order valence-corrected chi connectivity index (χ0v) is 9.43. The summed E-state index contributed by atoms with van der Waals surface area (Å²) in [5.41, 5.74) is 6.51. The number of halogens is 3. The third-order valence-corrected chi connectivity index (χ3v) is 2.64. The highest BCUT2D eigenvalue weighted by Crippen LogP contribution is 2.30. The molecule has 0 heterocycles. The average molecular weight is 231 g/mol. The molecule has 1 aromatic rings. The molecule has 0 spiro atoms. The Bertz CT molecular complexity index is 358. The van der Waals surface area contributed by atoms with Gasteiger partial charge in [0.05, 0.1) is 5.56 Å². The van der Waals surface area contributed by atoms with Crippen molar-refractivity contribution in [2.24, 2.45) is 11.7 Å². The molecule has 0 fully saturated rings. The summed E-state index contributed by atoms with van der Waals surface area (Å²) in [6.45, 7) is 4.23. The molecule has 2 N–H and O–H groups in total. The Balaban J connectivity index is 2.92. The third kappa shape index (κ3) is 3.23. The monoisotopic (exact) mass is 231 g/mol. The van der Waals surface area contributed by atoms with Gasteiger partial charge < -0.3 is 5.73 Å². The lowest BCUT2D eigenvalue weighted by molar-refractivity contribution is -0.137. The maximum absolute atomic E-state index is 12.4. The van der Waals surface area contributed by atoms with Gasteiger partial charge in [-0.3, -0.25) is 0 Å². The van der Waals surface area contributed by atoms with Gasteiger partial charge in [-0.2, -0.15) is 13.2 Å². The van der Waals surface area contributed by atoms with E-state index in [1.165, 1.54) is 6.07 Å². The summed E-state index contributed by atoms with van der Waals surface area (Å²) in [6, 6.07) is 3.87. The molecule has 0 aliphatic rings. The van der Waals surface area contributed by atoms with Gasteiger partial charge in [-0.15, -0.1) is 0 Å². The van der Waals surface area contributed by atoms with Gasteiger partial charge in [0.15, 0.2) is 0 Å². The van der Waals surface area contributed by atoms with E-state index in [1.807, 2.05) is 6.92 Å². The van der Waals surface area contributed by atoms with E-state index in [1.54, 1.807) is 13.0 Å². The quantitative estimate of drug-likeness (QED) is 0.849. The minimum atomic E-state index is -4.26. The molecule has 16 heavy (non-hydrogen) atoms. The molecule has 0 aromatic heterocycles. The Hall–Kier alpha value is -1.03. The lowest BCUT2D eigenvalue weighted by Gasteiger charge is -2.13. The fourth-order valence-electron chi connectivity index (χ4n) is 1.56. The van der Waals surface area contributed by atoms with Crippen LogP contribution in [0.5, 0.6) is 0 Å². The summed E-state index contributed by atoms with van der Waals surface area (Å²) in [7, 11) is 0. The Labute approximate surface area is 93.5 Å². The second-order valence-corrected chi connectivity index (χ2v) is 4.18. The molecular weight excluding hydrogens is 215 g/mol.